The van der Waals surface area contributed by atoms with Crippen LogP contribution in [0.4, 0.5) is 0 Å². The third-order valence-corrected chi connectivity index (χ3v) is 8.10. The SMILES string of the molecule is NC1C=C(c2ncncn2)C=C(C=Cc2ccccc2)C1(S(=O)(=O)O)S(=O)(=O)O. The van der Waals surface area contributed by atoms with E-state index in [0.29, 0.717) is 5.56 Å². The van der Waals surface area contributed by atoms with Crippen molar-refractivity contribution >= 4 is 31.9 Å². The maximum atomic E-state index is 12.2. The first-order valence-electron chi connectivity index (χ1n) is 8.06. The Morgan fingerprint density at radius 3 is 2.10 bits per heavy atom. The van der Waals surface area contributed by atoms with Gasteiger partial charge in [-0.2, -0.15) is 16.8 Å². The van der Waals surface area contributed by atoms with Gasteiger partial charge in [0.05, 0.1) is 6.04 Å². The maximum Gasteiger partial charge on any atom is 0.294 e. The number of hydrogen-bond acceptors (Lipinski definition) is 8. The Balaban J connectivity index is 2.27. The van der Waals surface area contributed by atoms with Crippen LogP contribution in [-0.2, 0) is 20.2 Å². The smallest absolute Gasteiger partial charge is 0.294 e. The summed E-state index contributed by atoms with van der Waals surface area (Å²) >= 11 is 0. The number of allylic oxidation sites excluding steroid dienone is 3. The van der Waals surface area contributed by atoms with Crippen LogP contribution in [-0.4, -0.2) is 51.0 Å². The molecule has 12 heteroatoms. The average Bonchev–Trinajstić information content (AvgIpc) is 2.65. The number of nitrogens with two attached hydrogens (primary N) is 1. The van der Waals surface area contributed by atoms with Crippen molar-refractivity contribution in [2.45, 2.75) is 10.1 Å². The molecule has 3 rings (SSSR count). The summed E-state index contributed by atoms with van der Waals surface area (Å²) in [5, 5.41) is 0. The monoisotopic (exact) mass is 436 g/mol. The van der Waals surface area contributed by atoms with Crippen LogP contribution in [0.5, 0.6) is 0 Å². The zero-order valence-corrected chi connectivity index (χ0v) is 16.3. The molecule has 4 N–H and O–H groups in total. The average molecular weight is 436 g/mol. The van der Waals surface area contributed by atoms with Gasteiger partial charge < -0.3 is 5.73 Å². The number of hydrogen-bond donors (Lipinski definition) is 3. The van der Waals surface area contributed by atoms with Crippen LogP contribution >= 0.6 is 0 Å². The van der Waals surface area contributed by atoms with Gasteiger partial charge in [-0.25, -0.2) is 15.0 Å². The molecule has 1 aromatic carbocycles. The minimum absolute atomic E-state index is 0.0975. The number of benzene rings is 1. The largest absolute Gasteiger partial charge is 0.322 e. The molecule has 10 nitrogen and oxygen atoms in total. The second-order valence-electron chi connectivity index (χ2n) is 6.07. The molecule has 152 valence electrons. The van der Waals surface area contributed by atoms with E-state index >= 15 is 0 Å². The minimum atomic E-state index is -5.43. The van der Waals surface area contributed by atoms with Gasteiger partial charge in [-0.3, -0.25) is 9.11 Å². The fourth-order valence-corrected chi connectivity index (χ4v) is 5.77. The predicted octanol–water partition coefficient (Wildman–Crippen LogP) is 0.708. The molecule has 1 aliphatic rings. The second-order valence-corrected chi connectivity index (χ2v) is 9.52. The van der Waals surface area contributed by atoms with Gasteiger partial charge in [0.25, 0.3) is 24.3 Å². The van der Waals surface area contributed by atoms with E-state index in [1.165, 1.54) is 18.7 Å². The normalized spacial score (nSPS) is 19.6. The molecule has 1 unspecified atom stereocenters. The van der Waals surface area contributed by atoms with Crippen LogP contribution in [0.15, 0.2) is 66.8 Å². The molecule has 1 heterocycles. The molecule has 1 aromatic heterocycles. The van der Waals surface area contributed by atoms with Crippen LogP contribution in [0, 0.1) is 0 Å². The Labute approximate surface area is 167 Å². The van der Waals surface area contributed by atoms with Crippen LogP contribution in [0.1, 0.15) is 11.4 Å². The quantitative estimate of drug-likeness (QED) is 0.566. The topological polar surface area (TPSA) is 173 Å². The van der Waals surface area contributed by atoms with E-state index in [1.807, 2.05) is 0 Å². The lowest BCUT2D eigenvalue weighted by Gasteiger charge is -2.35. The highest BCUT2D eigenvalue weighted by molar-refractivity contribution is 8.05. The Morgan fingerprint density at radius 1 is 0.966 bits per heavy atom. The van der Waals surface area contributed by atoms with Crippen molar-refractivity contribution in [3.05, 3.63) is 78.2 Å². The Hall–Kier alpha value is -2.77. The van der Waals surface area contributed by atoms with Crippen molar-refractivity contribution in [3.8, 4) is 0 Å². The first-order valence-corrected chi connectivity index (χ1v) is 10.9. The van der Waals surface area contributed by atoms with E-state index in [9.17, 15) is 25.9 Å². The standard InChI is InChI=1S/C17H16N4O6S2/c18-15-9-13(16-20-10-19-11-21-16)8-14(7-6-12-4-2-1-3-5-12)17(15,28(22,23)24)29(25,26)27/h1-11,15H,18H2,(H,22,23,24)(H,25,26,27). The van der Waals surface area contributed by atoms with E-state index in [4.69, 9.17) is 5.73 Å². The number of rotatable bonds is 5. The van der Waals surface area contributed by atoms with Crippen molar-refractivity contribution < 1.29 is 25.9 Å². The van der Waals surface area contributed by atoms with Crippen molar-refractivity contribution in [2.24, 2.45) is 5.73 Å². The fourth-order valence-electron chi connectivity index (χ4n) is 3.03. The summed E-state index contributed by atoms with van der Waals surface area (Å²) in [6, 6.07) is 6.70. The highest BCUT2D eigenvalue weighted by Crippen LogP contribution is 2.41. The molecule has 0 fully saturated rings. The van der Waals surface area contributed by atoms with E-state index in [-0.39, 0.29) is 11.4 Å². The highest BCUT2D eigenvalue weighted by Gasteiger charge is 2.62. The van der Waals surface area contributed by atoms with Crippen LogP contribution in [0.3, 0.4) is 0 Å². The van der Waals surface area contributed by atoms with Gasteiger partial charge in [0, 0.05) is 5.57 Å². The third kappa shape index (κ3) is 3.75. The Kier molecular flexibility index (Phi) is 5.47. The second kappa shape index (κ2) is 7.57. The highest BCUT2D eigenvalue weighted by atomic mass is 32.3. The lowest BCUT2D eigenvalue weighted by atomic mass is 9.93. The molecule has 0 bridgehead atoms. The van der Waals surface area contributed by atoms with Gasteiger partial charge in [0.15, 0.2) is 5.82 Å². The molecule has 1 aliphatic carbocycles. The molecule has 29 heavy (non-hydrogen) atoms. The van der Waals surface area contributed by atoms with Gasteiger partial charge in [-0.1, -0.05) is 48.6 Å². The van der Waals surface area contributed by atoms with Crippen molar-refractivity contribution in [1.29, 1.82) is 0 Å². The van der Waals surface area contributed by atoms with Crippen molar-refractivity contribution in [2.75, 3.05) is 0 Å². The molecular formula is C17H16N4O6S2. The van der Waals surface area contributed by atoms with Gasteiger partial charge in [-0.05, 0) is 17.2 Å². The third-order valence-electron chi connectivity index (χ3n) is 4.28. The van der Waals surface area contributed by atoms with E-state index in [2.05, 4.69) is 15.0 Å². The molecular weight excluding hydrogens is 420 g/mol. The van der Waals surface area contributed by atoms with Gasteiger partial charge in [0.1, 0.15) is 12.7 Å². The summed E-state index contributed by atoms with van der Waals surface area (Å²) in [6.07, 6.45) is 7.10. The Morgan fingerprint density at radius 2 is 1.55 bits per heavy atom. The van der Waals surface area contributed by atoms with Crippen LogP contribution < -0.4 is 5.73 Å². The number of nitrogens with zero attached hydrogens (tertiary/aromatic N) is 3. The molecule has 2 aromatic rings. The summed E-state index contributed by atoms with van der Waals surface area (Å²) < 4.78 is 65.3. The zero-order chi connectivity index (χ0) is 21.3. The van der Waals surface area contributed by atoms with E-state index < -0.39 is 35.9 Å². The van der Waals surface area contributed by atoms with Gasteiger partial charge in [0.2, 0.25) is 0 Å². The van der Waals surface area contributed by atoms with Crippen molar-refractivity contribution in [3.63, 3.8) is 0 Å². The van der Waals surface area contributed by atoms with Gasteiger partial charge >= 0.3 is 0 Å². The summed E-state index contributed by atoms with van der Waals surface area (Å²) in [5.41, 5.74) is 6.20. The molecule has 0 amide bonds. The predicted molar refractivity (Wildman–Crippen MR) is 105 cm³/mol. The summed E-state index contributed by atoms with van der Waals surface area (Å²) in [6.45, 7) is 0. The fraction of sp³-hybridized carbons (Fsp3) is 0.118. The molecule has 0 spiro atoms. The molecule has 0 aliphatic heterocycles. The zero-order valence-electron chi connectivity index (χ0n) is 14.7. The van der Waals surface area contributed by atoms with E-state index in [1.54, 1.807) is 30.3 Å². The minimum Gasteiger partial charge on any atom is -0.322 e. The molecule has 0 saturated heterocycles. The maximum absolute atomic E-state index is 12.2. The summed E-state index contributed by atoms with van der Waals surface area (Å²) in [7, 11) is -10.9. The van der Waals surface area contributed by atoms with Crippen LogP contribution in [0.2, 0.25) is 0 Å². The molecule has 0 saturated carbocycles. The lowest BCUT2D eigenvalue weighted by molar-refractivity contribution is 0.425. The first kappa shape index (κ1) is 21.0. The van der Waals surface area contributed by atoms with E-state index in [0.717, 1.165) is 18.2 Å². The van der Waals surface area contributed by atoms with Crippen molar-refractivity contribution in [1.82, 2.24) is 15.0 Å². The molecule has 0 radical (unpaired) electrons. The Bertz CT molecular complexity index is 1180. The van der Waals surface area contributed by atoms with Gasteiger partial charge in [-0.15, -0.1) is 0 Å². The molecule has 1 atom stereocenters. The lowest BCUT2D eigenvalue weighted by Crippen LogP contribution is -2.60. The van der Waals surface area contributed by atoms with Crippen LogP contribution in [0.25, 0.3) is 11.6 Å². The summed E-state index contributed by atoms with van der Waals surface area (Å²) in [5.74, 6) is 0.0975. The number of aromatic nitrogens is 3. The first-order chi connectivity index (χ1) is 13.6. The summed E-state index contributed by atoms with van der Waals surface area (Å²) in [4.78, 5) is 11.5.